The first kappa shape index (κ1) is 19.5. The van der Waals surface area contributed by atoms with Crippen molar-refractivity contribution in [2.24, 2.45) is 5.92 Å². The SMILES string of the molecule is CCOC(=O)C1(C)OC=C(CP(=O)(OCC)OCC)C1CCl. The van der Waals surface area contributed by atoms with Crippen molar-refractivity contribution in [1.29, 1.82) is 0 Å². The minimum atomic E-state index is -3.28. The van der Waals surface area contributed by atoms with E-state index in [0.717, 1.165) is 0 Å². The highest BCUT2D eigenvalue weighted by Gasteiger charge is 2.51. The van der Waals surface area contributed by atoms with Gasteiger partial charge in [0.25, 0.3) is 0 Å². The summed E-state index contributed by atoms with van der Waals surface area (Å²) in [5.74, 6) is -0.795. The third-order valence-electron chi connectivity index (χ3n) is 3.43. The van der Waals surface area contributed by atoms with E-state index in [0.29, 0.717) is 5.57 Å². The van der Waals surface area contributed by atoms with Gasteiger partial charge in [0.2, 0.25) is 5.60 Å². The molecule has 0 amide bonds. The van der Waals surface area contributed by atoms with E-state index in [1.165, 1.54) is 6.26 Å². The summed E-state index contributed by atoms with van der Waals surface area (Å²) < 4.78 is 33.8. The zero-order chi connectivity index (χ0) is 16.8. The van der Waals surface area contributed by atoms with Gasteiger partial charge in [0.05, 0.1) is 32.2 Å². The highest BCUT2D eigenvalue weighted by molar-refractivity contribution is 7.54. The third kappa shape index (κ3) is 4.25. The zero-order valence-electron chi connectivity index (χ0n) is 13.5. The maximum Gasteiger partial charge on any atom is 0.350 e. The second kappa shape index (κ2) is 8.34. The van der Waals surface area contributed by atoms with Gasteiger partial charge in [-0.3, -0.25) is 4.57 Å². The maximum absolute atomic E-state index is 12.6. The van der Waals surface area contributed by atoms with Gasteiger partial charge in [-0.15, -0.1) is 11.6 Å². The van der Waals surface area contributed by atoms with Crippen molar-refractivity contribution in [3.63, 3.8) is 0 Å². The molecule has 128 valence electrons. The zero-order valence-corrected chi connectivity index (χ0v) is 15.1. The van der Waals surface area contributed by atoms with Crippen LogP contribution >= 0.6 is 19.2 Å². The van der Waals surface area contributed by atoms with Gasteiger partial charge in [0, 0.05) is 11.8 Å². The third-order valence-corrected chi connectivity index (χ3v) is 5.79. The van der Waals surface area contributed by atoms with Crippen molar-refractivity contribution in [2.75, 3.05) is 31.9 Å². The van der Waals surface area contributed by atoms with Crippen LogP contribution in [0.15, 0.2) is 11.8 Å². The molecule has 0 saturated heterocycles. The number of esters is 1. The molecule has 1 aliphatic rings. The van der Waals surface area contributed by atoms with Gasteiger partial charge in [-0.2, -0.15) is 0 Å². The van der Waals surface area contributed by atoms with Gasteiger partial charge in [0.15, 0.2) is 0 Å². The quantitative estimate of drug-likeness (QED) is 0.359. The lowest BCUT2D eigenvalue weighted by atomic mass is 9.87. The first-order valence-corrected chi connectivity index (χ1v) is 9.61. The van der Waals surface area contributed by atoms with Crippen LogP contribution in [-0.4, -0.2) is 43.4 Å². The van der Waals surface area contributed by atoms with Crippen LogP contribution in [0.25, 0.3) is 0 Å². The van der Waals surface area contributed by atoms with Crippen LogP contribution < -0.4 is 0 Å². The standard InChI is InChI=1S/C14H24ClO6P/c1-5-18-13(16)14(4)12(8-15)11(9-19-14)10-22(17,20-6-2)21-7-3/h9,12H,5-8,10H2,1-4H3. The van der Waals surface area contributed by atoms with Crippen molar-refractivity contribution in [1.82, 2.24) is 0 Å². The van der Waals surface area contributed by atoms with Crippen LogP contribution in [0.5, 0.6) is 0 Å². The first-order valence-electron chi connectivity index (χ1n) is 7.34. The molecule has 0 saturated carbocycles. The summed E-state index contributed by atoms with van der Waals surface area (Å²) in [5, 5.41) is 0. The summed E-state index contributed by atoms with van der Waals surface area (Å²) in [6.07, 6.45) is 1.47. The normalized spacial score (nSPS) is 24.8. The van der Waals surface area contributed by atoms with E-state index in [2.05, 4.69) is 0 Å². The van der Waals surface area contributed by atoms with Crippen LogP contribution in [0.1, 0.15) is 27.7 Å². The highest BCUT2D eigenvalue weighted by Crippen LogP contribution is 2.53. The van der Waals surface area contributed by atoms with Crippen molar-refractivity contribution in [3.05, 3.63) is 11.8 Å². The largest absolute Gasteiger partial charge is 0.483 e. The lowest BCUT2D eigenvalue weighted by Gasteiger charge is -2.29. The number of ether oxygens (including phenoxy) is 2. The molecule has 0 fully saturated rings. The number of carbonyl (C=O) groups is 1. The minimum Gasteiger partial charge on any atom is -0.483 e. The number of alkyl halides is 1. The fourth-order valence-electron chi connectivity index (χ4n) is 2.32. The fraction of sp³-hybridized carbons (Fsp3) is 0.786. The molecule has 0 spiro atoms. The molecule has 6 nitrogen and oxygen atoms in total. The predicted octanol–water partition coefficient (Wildman–Crippen LogP) is 3.34. The van der Waals surface area contributed by atoms with Crippen LogP contribution in [-0.2, 0) is 27.9 Å². The monoisotopic (exact) mass is 354 g/mol. The van der Waals surface area contributed by atoms with Crippen molar-refractivity contribution >= 4 is 25.2 Å². The van der Waals surface area contributed by atoms with E-state index < -0.39 is 25.1 Å². The molecule has 0 aromatic carbocycles. The molecule has 0 aromatic heterocycles. The van der Waals surface area contributed by atoms with Gasteiger partial charge >= 0.3 is 13.6 Å². The molecule has 0 N–H and O–H groups in total. The molecule has 1 heterocycles. The van der Waals surface area contributed by atoms with E-state index >= 15 is 0 Å². The van der Waals surface area contributed by atoms with Gasteiger partial charge in [-0.25, -0.2) is 4.79 Å². The predicted molar refractivity (Wildman–Crippen MR) is 84.1 cm³/mol. The summed E-state index contributed by atoms with van der Waals surface area (Å²) in [6, 6.07) is 0. The average molecular weight is 355 g/mol. The number of hydrogen-bond donors (Lipinski definition) is 0. The van der Waals surface area contributed by atoms with Crippen molar-refractivity contribution in [2.45, 2.75) is 33.3 Å². The molecule has 1 aliphatic heterocycles. The Morgan fingerprint density at radius 2 is 1.91 bits per heavy atom. The topological polar surface area (TPSA) is 71.1 Å². The van der Waals surface area contributed by atoms with Gasteiger partial charge in [-0.05, 0) is 33.3 Å². The maximum atomic E-state index is 12.6. The molecule has 0 aromatic rings. The molecule has 2 atom stereocenters. The molecule has 0 aliphatic carbocycles. The molecular formula is C14H24ClO6P. The smallest absolute Gasteiger partial charge is 0.350 e. The Morgan fingerprint density at radius 3 is 2.36 bits per heavy atom. The molecule has 22 heavy (non-hydrogen) atoms. The lowest BCUT2D eigenvalue weighted by Crippen LogP contribution is -2.44. The minimum absolute atomic E-state index is 0.0427. The summed E-state index contributed by atoms with van der Waals surface area (Å²) >= 11 is 6.01. The Morgan fingerprint density at radius 1 is 1.32 bits per heavy atom. The molecule has 1 rings (SSSR count). The van der Waals surface area contributed by atoms with E-state index in [1.807, 2.05) is 0 Å². The Balaban J connectivity index is 2.93. The second-order valence-electron chi connectivity index (χ2n) is 4.95. The second-order valence-corrected chi connectivity index (χ2v) is 7.31. The lowest BCUT2D eigenvalue weighted by molar-refractivity contribution is -0.165. The number of rotatable bonds is 9. The fourth-order valence-corrected chi connectivity index (χ4v) is 4.60. The molecule has 8 heteroatoms. The summed E-state index contributed by atoms with van der Waals surface area (Å²) in [5.41, 5.74) is -0.577. The van der Waals surface area contributed by atoms with Gasteiger partial charge < -0.3 is 18.5 Å². The van der Waals surface area contributed by atoms with E-state index in [-0.39, 0.29) is 31.9 Å². The van der Waals surface area contributed by atoms with Crippen LogP contribution in [0, 0.1) is 5.92 Å². The number of halogens is 1. The van der Waals surface area contributed by atoms with E-state index in [1.54, 1.807) is 27.7 Å². The Bertz CT molecular complexity index is 456. The van der Waals surface area contributed by atoms with E-state index in [9.17, 15) is 9.36 Å². The van der Waals surface area contributed by atoms with Crippen LogP contribution in [0.4, 0.5) is 0 Å². The number of hydrogen-bond acceptors (Lipinski definition) is 6. The molecule has 2 unspecified atom stereocenters. The van der Waals surface area contributed by atoms with Gasteiger partial charge in [-0.1, -0.05) is 0 Å². The van der Waals surface area contributed by atoms with E-state index in [4.69, 9.17) is 30.1 Å². The first-order chi connectivity index (χ1) is 10.4. The van der Waals surface area contributed by atoms with Crippen molar-refractivity contribution in [3.8, 4) is 0 Å². The Hall–Kier alpha value is -0.550. The molecular weight excluding hydrogens is 331 g/mol. The summed E-state index contributed by atoms with van der Waals surface area (Å²) in [7, 11) is -3.28. The van der Waals surface area contributed by atoms with Crippen LogP contribution in [0.3, 0.4) is 0 Å². The number of carbonyl (C=O) groups excluding carboxylic acids is 1. The summed E-state index contributed by atoms with van der Waals surface area (Å²) in [6.45, 7) is 7.61. The van der Waals surface area contributed by atoms with Crippen molar-refractivity contribution < 1.29 is 27.9 Å². The highest BCUT2D eigenvalue weighted by atomic mass is 35.5. The molecule has 0 bridgehead atoms. The van der Waals surface area contributed by atoms with Gasteiger partial charge in [0.1, 0.15) is 0 Å². The summed E-state index contributed by atoms with van der Waals surface area (Å²) in [4.78, 5) is 12.1. The van der Waals surface area contributed by atoms with Crippen LogP contribution in [0.2, 0.25) is 0 Å². The average Bonchev–Trinajstić information content (AvgIpc) is 2.76. The molecule has 0 radical (unpaired) electrons. The Kier molecular flexibility index (Phi) is 7.39. The Labute approximate surface area is 136 Å².